The summed E-state index contributed by atoms with van der Waals surface area (Å²) in [7, 11) is 0. The van der Waals surface area contributed by atoms with Crippen molar-refractivity contribution in [3.8, 4) is 0 Å². The average molecular weight is 273 g/mol. The smallest absolute Gasteiger partial charge is 0.142 e. The highest BCUT2D eigenvalue weighted by molar-refractivity contribution is 9.09. The highest BCUT2D eigenvalue weighted by Crippen LogP contribution is 2.27. The Bertz CT molecular complexity index is 301. The highest BCUT2D eigenvalue weighted by atomic mass is 79.9. The van der Waals surface area contributed by atoms with E-state index in [2.05, 4.69) is 29.8 Å². The van der Waals surface area contributed by atoms with Gasteiger partial charge in [0.05, 0.1) is 0 Å². The maximum Gasteiger partial charge on any atom is 0.142 e. The third kappa shape index (κ3) is 3.60. The van der Waals surface area contributed by atoms with Gasteiger partial charge in [0.25, 0.3) is 0 Å². The van der Waals surface area contributed by atoms with Crippen molar-refractivity contribution in [2.45, 2.75) is 32.9 Å². The predicted octanol–water partition coefficient (Wildman–Crippen LogP) is 4.46. The van der Waals surface area contributed by atoms with Gasteiger partial charge in [-0.2, -0.15) is 0 Å². The first-order valence-corrected chi connectivity index (χ1v) is 6.42. The first kappa shape index (κ1) is 12.7. The van der Waals surface area contributed by atoms with Gasteiger partial charge >= 0.3 is 0 Å². The molecule has 2 heteroatoms. The molecule has 0 saturated heterocycles. The van der Waals surface area contributed by atoms with E-state index in [1.807, 2.05) is 24.3 Å². The molecule has 0 spiro atoms. The number of alkyl halides is 2. The Morgan fingerprint density at radius 1 is 1.27 bits per heavy atom. The van der Waals surface area contributed by atoms with Crippen LogP contribution in [0, 0.1) is 5.92 Å². The number of hydrogen-bond acceptors (Lipinski definition) is 0. The number of halogens is 2. The molecule has 0 radical (unpaired) electrons. The summed E-state index contributed by atoms with van der Waals surface area (Å²) in [6.45, 7) is 5.97. The lowest BCUT2D eigenvalue weighted by Crippen LogP contribution is -2.16. The van der Waals surface area contributed by atoms with Crippen LogP contribution in [0.2, 0.25) is 0 Å². The van der Waals surface area contributed by atoms with Crippen LogP contribution >= 0.6 is 15.9 Å². The standard InChI is InChI=1S/C13H18BrF/c1-10(2)8-11-4-6-12(7-5-11)13(3,15)9-14/h4-7,10H,8-9H2,1-3H3. The molecule has 0 saturated carbocycles. The monoisotopic (exact) mass is 272 g/mol. The van der Waals surface area contributed by atoms with Crippen LogP contribution in [0.1, 0.15) is 31.9 Å². The molecule has 0 heterocycles. The normalized spacial score (nSPS) is 15.3. The topological polar surface area (TPSA) is 0 Å². The van der Waals surface area contributed by atoms with Crippen molar-refractivity contribution < 1.29 is 4.39 Å². The fraction of sp³-hybridized carbons (Fsp3) is 0.538. The highest BCUT2D eigenvalue weighted by Gasteiger charge is 2.23. The van der Waals surface area contributed by atoms with E-state index in [1.165, 1.54) is 5.56 Å². The van der Waals surface area contributed by atoms with Crippen LogP contribution in [0.25, 0.3) is 0 Å². The molecule has 1 rings (SSSR count). The molecule has 0 N–H and O–H groups in total. The van der Waals surface area contributed by atoms with Crippen molar-refractivity contribution in [3.05, 3.63) is 35.4 Å². The third-order valence-corrected chi connectivity index (χ3v) is 3.50. The lowest BCUT2D eigenvalue weighted by molar-refractivity contribution is 0.230. The van der Waals surface area contributed by atoms with E-state index in [9.17, 15) is 4.39 Å². The van der Waals surface area contributed by atoms with Crippen molar-refractivity contribution >= 4 is 15.9 Å². The molecule has 0 bridgehead atoms. The van der Waals surface area contributed by atoms with Crippen molar-refractivity contribution in [3.63, 3.8) is 0 Å². The molecule has 1 aromatic rings. The van der Waals surface area contributed by atoms with Gasteiger partial charge in [-0.25, -0.2) is 4.39 Å². The summed E-state index contributed by atoms with van der Waals surface area (Å²) in [4.78, 5) is 0. The van der Waals surface area contributed by atoms with Crippen molar-refractivity contribution in [2.24, 2.45) is 5.92 Å². The summed E-state index contributed by atoms with van der Waals surface area (Å²) in [5.74, 6) is 0.642. The Morgan fingerprint density at radius 2 is 1.80 bits per heavy atom. The number of benzene rings is 1. The van der Waals surface area contributed by atoms with E-state index in [0.717, 1.165) is 12.0 Å². The summed E-state index contributed by atoms with van der Waals surface area (Å²) in [6, 6.07) is 7.82. The van der Waals surface area contributed by atoms with E-state index in [1.54, 1.807) is 6.92 Å². The molecule has 0 amide bonds. The molecule has 0 fully saturated rings. The van der Waals surface area contributed by atoms with Crippen LogP contribution < -0.4 is 0 Å². The zero-order valence-electron chi connectivity index (χ0n) is 9.56. The second-order valence-corrected chi connectivity index (χ2v) is 5.19. The Hall–Kier alpha value is -0.370. The zero-order chi connectivity index (χ0) is 11.5. The molecule has 0 aromatic heterocycles. The first-order valence-electron chi connectivity index (χ1n) is 5.30. The molecule has 0 aliphatic carbocycles. The van der Waals surface area contributed by atoms with Crippen molar-refractivity contribution in [2.75, 3.05) is 5.33 Å². The van der Waals surface area contributed by atoms with Crippen molar-refractivity contribution in [1.29, 1.82) is 0 Å². The van der Waals surface area contributed by atoms with Gasteiger partial charge in [0.1, 0.15) is 5.67 Å². The van der Waals surface area contributed by atoms with Crippen LogP contribution in [-0.2, 0) is 12.1 Å². The van der Waals surface area contributed by atoms with Gasteiger partial charge < -0.3 is 0 Å². The summed E-state index contributed by atoms with van der Waals surface area (Å²) in [5.41, 5.74) is 0.752. The van der Waals surface area contributed by atoms with Crippen molar-refractivity contribution in [1.82, 2.24) is 0 Å². The summed E-state index contributed by atoms with van der Waals surface area (Å²) in [6.07, 6.45) is 1.05. The molecule has 1 unspecified atom stereocenters. The van der Waals surface area contributed by atoms with Gasteiger partial charge in [-0.3, -0.25) is 0 Å². The molecule has 0 aliphatic heterocycles. The van der Waals surface area contributed by atoms with Gasteiger partial charge in [0, 0.05) is 5.33 Å². The summed E-state index contributed by atoms with van der Waals surface area (Å²) >= 11 is 3.19. The minimum atomic E-state index is -1.27. The molecular formula is C13H18BrF. The molecule has 84 valence electrons. The SMILES string of the molecule is CC(C)Cc1ccc(C(C)(F)CBr)cc1. The zero-order valence-corrected chi connectivity index (χ0v) is 11.1. The summed E-state index contributed by atoms with van der Waals surface area (Å²) < 4.78 is 13.9. The van der Waals surface area contributed by atoms with E-state index in [-0.39, 0.29) is 0 Å². The molecule has 1 aromatic carbocycles. The van der Waals surface area contributed by atoms with Gasteiger partial charge in [-0.1, -0.05) is 54.0 Å². The maximum atomic E-state index is 13.9. The van der Waals surface area contributed by atoms with Gasteiger partial charge in [-0.15, -0.1) is 0 Å². The van der Waals surface area contributed by atoms with Crippen LogP contribution in [-0.4, -0.2) is 5.33 Å². The largest absolute Gasteiger partial charge is 0.238 e. The molecular weight excluding hydrogens is 255 g/mol. The third-order valence-electron chi connectivity index (χ3n) is 2.45. The van der Waals surface area contributed by atoms with Gasteiger partial charge in [-0.05, 0) is 30.4 Å². The minimum absolute atomic E-state index is 0.337. The lowest BCUT2D eigenvalue weighted by atomic mass is 9.96. The average Bonchev–Trinajstić information content (AvgIpc) is 2.18. The molecule has 1 atom stereocenters. The van der Waals surface area contributed by atoms with Gasteiger partial charge in [0.15, 0.2) is 0 Å². The second kappa shape index (κ2) is 5.11. The van der Waals surface area contributed by atoms with E-state index >= 15 is 0 Å². The van der Waals surface area contributed by atoms with E-state index in [0.29, 0.717) is 11.2 Å². The van der Waals surface area contributed by atoms with Crippen LogP contribution in [0.4, 0.5) is 4.39 Å². The predicted molar refractivity (Wildman–Crippen MR) is 67.2 cm³/mol. The van der Waals surface area contributed by atoms with Crippen LogP contribution in [0.15, 0.2) is 24.3 Å². The maximum absolute atomic E-state index is 13.9. The molecule has 15 heavy (non-hydrogen) atoms. The van der Waals surface area contributed by atoms with Gasteiger partial charge in [0.2, 0.25) is 0 Å². The molecule has 0 nitrogen and oxygen atoms in total. The Labute approximate surface area is 100 Å². The Kier molecular flexibility index (Phi) is 4.32. The quantitative estimate of drug-likeness (QED) is 0.710. The first-order chi connectivity index (χ1) is 6.95. The lowest BCUT2D eigenvalue weighted by Gasteiger charge is -2.18. The van der Waals surface area contributed by atoms with Crippen LogP contribution in [0.3, 0.4) is 0 Å². The minimum Gasteiger partial charge on any atom is -0.238 e. The fourth-order valence-electron chi connectivity index (χ4n) is 1.54. The molecule has 0 aliphatic rings. The van der Waals surface area contributed by atoms with E-state index < -0.39 is 5.67 Å². The fourth-order valence-corrected chi connectivity index (χ4v) is 1.86. The summed E-state index contributed by atoms with van der Waals surface area (Å²) in [5, 5.41) is 0.337. The van der Waals surface area contributed by atoms with Crippen LogP contribution in [0.5, 0.6) is 0 Å². The Morgan fingerprint density at radius 3 is 2.20 bits per heavy atom. The Balaban J connectivity index is 2.81. The number of hydrogen-bond donors (Lipinski definition) is 0. The second-order valence-electron chi connectivity index (χ2n) is 4.63. The number of rotatable bonds is 4. The van der Waals surface area contributed by atoms with E-state index in [4.69, 9.17) is 0 Å².